The van der Waals surface area contributed by atoms with Crippen molar-refractivity contribution < 1.29 is 27.1 Å². The Kier molecular flexibility index (Phi) is 11.4. The van der Waals surface area contributed by atoms with Crippen molar-refractivity contribution in [2.45, 2.75) is 129 Å². The number of carbonyl (C=O) groups excluding carboxylic acids is 1. The van der Waals surface area contributed by atoms with Crippen LogP contribution in [0.25, 0.3) is 0 Å². The quantitative estimate of drug-likeness (QED) is 0.197. The van der Waals surface area contributed by atoms with Crippen molar-refractivity contribution in [2.75, 3.05) is 6.61 Å². The molecule has 0 radical (unpaired) electrons. The molecule has 0 saturated heterocycles. The summed E-state index contributed by atoms with van der Waals surface area (Å²) >= 11 is 0. The van der Waals surface area contributed by atoms with Gasteiger partial charge in [0.25, 0.3) is 0 Å². The minimum absolute atomic E-state index is 0.0476. The summed E-state index contributed by atoms with van der Waals surface area (Å²) in [6.45, 7) is 3.93. The maximum atomic E-state index is 14.6. The van der Waals surface area contributed by atoms with Crippen LogP contribution < -0.4 is 4.74 Å². The van der Waals surface area contributed by atoms with Crippen LogP contribution in [0.15, 0.2) is 12.1 Å². The molecule has 3 saturated carbocycles. The topological polar surface area (TPSA) is 26.3 Å². The average Bonchev–Trinajstić information content (AvgIpc) is 2.94. The summed E-state index contributed by atoms with van der Waals surface area (Å²) in [5.74, 6) is 1.92. The number of hydrogen-bond donors (Lipinski definition) is 0. The normalized spacial score (nSPS) is 29.8. The number of carbonyl (C=O) groups is 1. The third kappa shape index (κ3) is 8.25. The Hall–Kier alpha value is -1.59. The summed E-state index contributed by atoms with van der Waals surface area (Å²) < 4.78 is 60.6. The van der Waals surface area contributed by atoms with Gasteiger partial charge < -0.3 is 4.74 Å². The lowest BCUT2D eigenvalue weighted by atomic mass is 9.68. The van der Waals surface area contributed by atoms with Crippen LogP contribution in [0.3, 0.4) is 0 Å². The number of ether oxygens (including phenoxy) is 1. The second kappa shape index (κ2) is 14.5. The predicted molar refractivity (Wildman–Crippen MR) is 152 cm³/mol. The van der Waals surface area contributed by atoms with Crippen LogP contribution >= 0.6 is 0 Å². The molecule has 0 atom stereocenters. The van der Waals surface area contributed by atoms with Crippen LogP contribution in [0.4, 0.5) is 17.6 Å². The lowest BCUT2D eigenvalue weighted by molar-refractivity contribution is -0.140. The van der Waals surface area contributed by atoms with Crippen molar-refractivity contribution in [3.63, 3.8) is 0 Å². The number of ketones is 1. The van der Waals surface area contributed by atoms with Gasteiger partial charge in [0, 0.05) is 12.0 Å². The molecular weight excluding hydrogens is 516 g/mol. The van der Waals surface area contributed by atoms with Crippen LogP contribution in [-0.4, -0.2) is 12.4 Å². The minimum atomic E-state index is -4.95. The monoisotopic (exact) mass is 566 g/mol. The second-order valence-electron chi connectivity index (χ2n) is 13.2. The Morgan fingerprint density at radius 3 is 1.70 bits per heavy atom. The molecule has 226 valence electrons. The van der Waals surface area contributed by atoms with Crippen molar-refractivity contribution in [3.8, 4) is 5.75 Å². The van der Waals surface area contributed by atoms with Crippen LogP contribution in [0, 0.1) is 41.3 Å². The number of halogens is 4. The van der Waals surface area contributed by atoms with E-state index in [1.54, 1.807) is 6.92 Å². The van der Waals surface area contributed by atoms with E-state index in [-0.39, 0.29) is 18.9 Å². The maximum absolute atomic E-state index is 14.6. The number of hydrogen-bond acceptors (Lipinski definition) is 2. The first-order chi connectivity index (χ1) is 19.2. The molecule has 6 heteroatoms. The highest BCUT2D eigenvalue weighted by atomic mass is 19.4. The molecule has 0 unspecified atom stereocenters. The number of benzene rings is 1. The molecule has 0 N–H and O–H groups in total. The predicted octanol–water partition coefficient (Wildman–Crippen LogP) is 10.8. The first-order valence-electron chi connectivity index (χ1n) is 16.2. The number of rotatable bonds is 11. The molecular formula is C34H50F4O2. The van der Waals surface area contributed by atoms with Gasteiger partial charge in [0.15, 0.2) is 17.3 Å². The molecule has 4 rings (SSSR count). The average molecular weight is 567 g/mol. The molecule has 0 spiro atoms. The van der Waals surface area contributed by atoms with E-state index in [9.17, 15) is 22.4 Å². The van der Waals surface area contributed by atoms with Crippen molar-refractivity contribution in [1.82, 2.24) is 0 Å². The van der Waals surface area contributed by atoms with E-state index in [1.807, 2.05) is 0 Å². The number of alkyl halides is 3. The third-order valence-electron chi connectivity index (χ3n) is 10.6. The van der Waals surface area contributed by atoms with E-state index >= 15 is 0 Å². The molecule has 40 heavy (non-hydrogen) atoms. The molecule has 1 aromatic carbocycles. The zero-order valence-electron chi connectivity index (χ0n) is 24.7. The zero-order valence-corrected chi connectivity index (χ0v) is 24.7. The van der Waals surface area contributed by atoms with Crippen LogP contribution in [0.1, 0.15) is 139 Å². The van der Waals surface area contributed by atoms with Crippen molar-refractivity contribution >= 4 is 5.78 Å². The van der Waals surface area contributed by atoms with Crippen LogP contribution in [0.2, 0.25) is 0 Å². The van der Waals surface area contributed by atoms with Gasteiger partial charge in [-0.2, -0.15) is 13.2 Å². The van der Waals surface area contributed by atoms with E-state index in [2.05, 4.69) is 6.92 Å². The van der Waals surface area contributed by atoms with Crippen LogP contribution in [0.5, 0.6) is 5.75 Å². The first-order valence-corrected chi connectivity index (χ1v) is 16.2. The molecule has 3 aliphatic carbocycles. The zero-order chi connectivity index (χ0) is 28.7. The fraction of sp³-hybridized carbons (Fsp3) is 0.794. The van der Waals surface area contributed by atoms with E-state index < -0.39 is 34.7 Å². The summed E-state index contributed by atoms with van der Waals surface area (Å²) in [5.41, 5.74) is -2.06. The summed E-state index contributed by atoms with van der Waals surface area (Å²) in [6, 6.07) is 2.22. The Morgan fingerprint density at radius 1 is 0.750 bits per heavy atom. The van der Waals surface area contributed by atoms with Gasteiger partial charge in [-0.05, 0) is 93.1 Å². The van der Waals surface area contributed by atoms with Gasteiger partial charge >= 0.3 is 6.18 Å². The summed E-state index contributed by atoms with van der Waals surface area (Å²) in [7, 11) is 0. The fourth-order valence-electron chi connectivity index (χ4n) is 8.21. The van der Waals surface area contributed by atoms with E-state index in [0.29, 0.717) is 5.92 Å². The third-order valence-corrected chi connectivity index (χ3v) is 10.6. The largest absolute Gasteiger partial charge is 0.491 e. The van der Waals surface area contributed by atoms with Gasteiger partial charge in [-0.3, -0.25) is 4.79 Å². The van der Waals surface area contributed by atoms with E-state index in [1.165, 1.54) is 77.0 Å². The highest BCUT2D eigenvalue weighted by Gasteiger charge is 2.40. The fourth-order valence-corrected chi connectivity index (χ4v) is 8.21. The van der Waals surface area contributed by atoms with E-state index in [0.717, 1.165) is 61.5 Å². The molecule has 1 aromatic rings. The summed E-state index contributed by atoms with van der Waals surface area (Å²) in [5, 5.41) is 0. The Bertz CT molecular complexity index is 934. The van der Waals surface area contributed by atoms with Crippen molar-refractivity contribution in [2.24, 2.45) is 35.5 Å². The number of Topliss-reactive ketones (excluding diaryl/α,β-unsaturated/α-hetero) is 1. The van der Waals surface area contributed by atoms with Crippen molar-refractivity contribution in [3.05, 3.63) is 29.1 Å². The van der Waals surface area contributed by atoms with Gasteiger partial charge in [0.1, 0.15) is 5.56 Å². The molecule has 0 aromatic heterocycles. The highest BCUT2D eigenvalue weighted by Crippen LogP contribution is 2.44. The Labute approximate surface area is 239 Å². The molecule has 0 amide bonds. The molecule has 3 fully saturated rings. The van der Waals surface area contributed by atoms with Gasteiger partial charge in [0.2, 0.25) is 0 Å². The molecule has 0 heterocycles. The lowest BCUT2D eigenvalue weighted by Gasteiger charge is -2.38. The minimum Gasteiger partial charge on any atom is -0.491 e. The first kappa shape index (κ1) is 31.3. The van der Waals surface area contributed by atoms with Gasteiger partial charge in [0.05, 0.1) is 6.61 Å². The lowest BCUT2D eigenvalue weighted by Crippen LogP contribution is -2.26. The summed E-state index contributed by atoms with van der Waals surface area (Å²) in [6.07, 6.45) is 15.6. The molecule has 0 bridgehead atoms. The van der Waals surface area contributed by atoms with Gasteiger partial charge in [-0.15, -0.1) is 0 Å². The summed E-state index contributed by atoms with van der Waals surface area (Å²) in [4.78, 5) is 12.9. The smallest absolute Gasteiger partial charge is 0.420 e. The SMILES string of the molecule is CCCC1CCC(C2CCC(CCC3CCC(CC(=O)c4ccc(OCC)c(F)c4C(F)(F)F)CC3)CC2)CC1. The molecule has 0 aliphatic heterocycles. The standard InChI is InChI=1S/C34H50F4O2/c1-3-5-23-12-16-27(17-13-23)28-18-14-25(15-19-28)7-6-24-8-10-26(11-9-24)22-30(39)29-20-21-31(40-4-2)33(35)32(29)34(36,37)38/h20-21,23-28H,3-19,22H2,1-2H3. The van der Waals surface area contributed by atoms with Crippen LogP contribution in [-0.2, 0) is 6.18 Å². The van der Waals surface area contributed by atoms with Gasteiger partial charge in [-0.25, -0.2) is 4.39 Å². The highest BCUT2D eigenvalue weighted by molar-refractivity contribution is 5.98. The Balaban J connectivity index is 1.18. The van der Waals surface area contributed by atoms with Gasteiger partial charge in [-0.1, -0.05) is 71.1 Å². The molecule has 2 nitrogen and oxygen atoms in total. The van der Waals surface area contributed by atoms with E-state index in [4.69, 9.17) is 4.74 Å². The molecule has 3 aliphatic rings. The second-order valence-corrected chi connectivity index (χ2v) is 13.2. The van der Waals surface area contributed by atoms with Crippen molar-refractivity contribution in [1.29, 1.82) is 0 Å². The maximum Gasteiger partial charge on any atom is 0.420 e. The Morgan fingerprint density at radius 2 is 1.23 bits per heavy atom.